The van der Waals surface area contributed by atoms with Crippen LogP contribution in [-0.4, -0.2) is 24.6 Å². The summed E-state index contributed by atoms with van der Waals surface area (Å²) in [7, 11) is 0. The minimum absolute atomic E-state index is 0.00298. The van der Waals surface area contributed by atoms with E-state index in [1.807, 2.05) is 18.2 Å². The normalized spacial score (nSPS) is 23.5. The molecule has 0 saturated heterocycles. The maximum absolute atomic E-state index is 12.6. The van der Waals surface area contributed by atoms with Gasteiger partial charge in [0.1, 0.15) is 0 Å². The lowest BCUT2D eigenvalue weighted by Crippen LogP contribution is -2.50. The summed E-state index contributed by atoms with van der Waals surface area (Å²) in [5.74, 6) is -0.877. The SMILES string of the molecule is N#CC1=C(N)C(C#N)(C#N)C(c2ccc3c(c2)OCO3)C([N+](=O)[O-])C1c1ccc2c(c1)OCO2. The van der Waals surface area contributed by atoms with E-state index in [1.54, 1.807) is 30.3 Å². The van der Waals surface area contributed by atoms with Gasteiger partial charge < -0.3 is 24.7 Å². The van der Waals surface area contributed by atoms with Gasteiger partial charge in [0.25, 0.3) is 0 Å². The summed E-state index contributed by atoms with van der Waals surface area (Å²) >= 11 is 0. The Kier molecular flexibility index (Phi) is 4.66. The van der Waals surface area contributed by atoms with Crippen molar-refractivity contribution in [2.75, 3.05) is 13.6 Å². The van der Waals surface area contributed by atoms with Crippen LogP contribution in [-0.2, 0) is 0 Å². The molecule has 0 bridgehead atoms. The van der Waals surface area contributed by atoms with E-state index in [-0.39, 0.29) is 24.9 Å². The molecule has 0 amide bonds. The summed E-state index contributed by atoms with van der Waals surface area (Å²) < 4.78 is 21.5. The zero-order chi connectivity index (χ0) is 24.0. The third-order valence-electron chi connectivity index (χ3n) is 6.40. The third kappa shape index (κ3) is 2.79. The average molecular weight is 457 g/mol. The van der Waals surface area contributed by atoms with Crippen molar-refractivity contribution in [1.82, 2.24) is 0 Å². The number of hydrogen-bond donors (Lipinski definition) is 1. The van der Waals surface area contributed by atoms with E-state index in [0.29, 0.717) is 34.1 Å². The highest BCUT2D eigenvalue weighted by atomic mass is 16.7. The van der Waals surface area contributed by atoms with Gasteiger partial charge in [0.05, 0.1) is 41.3 Å². The number of fused-ring (bicyclic) bond motifs is 2. The standard InChI is InChI=1S/C23H15N5O6/c24-7-14-19(12-1-3-15-17(5-12)33-10-31-15)21(28(29)30)20(23(8-25,9-26)22(14)27)13-2-4-16-18(6-13)34-11-32-16/h1-6,19-21H,10-11,27H2. The number of nitro groups is 1. The van der Waals surface area contributed by atoms with Gasteiger partial charge in [-0.25, -0.2) is 0 Å². The predicted molar refractivity (Wildman–Crippen MR) is 112 cm³/mol. The minimum atomic E-state index is -2.16. The second-order valence-corrected chi connectivity index (χ2v) is 7.93. The van der Waals surface area contributed by atoms with Crippen LogP contribution in [0.2, 0.25) is 0 Å². The Hall–Kier alpha value is -4.95. The van der Waals surface area contributed by atoms with Gasteiger partial charge in [0.15, 0.2) is 28.4 Å². The van der Waals surface area contributed by atoms with Crippen molar-refractivity contribution >= 4 is 0 Å². The topological polar surface area (TPSA) is 177 Å². The highest BCUT2D eigenvalue weighted by molar-refractivity contribution is 5.58. The Bertz CT molecular complexity index is 1370. The molecule has 34 heavy (non-hydrogen) atoms. The Labute approximate surface area is 192 Å². The molecule has 1 aliphatic carbocycles. The van der Waals surface area contributed by atoms with Crippen molar-refractivity contribution in [3.8, 4) is 41.2 Å². The van der Waals surface area contributed by atoms with Gasteiger partial charge in [-0.3, -0.25) is 10.1 Å². The van der Waals surface area contributed by atoms with Crippen LogP contribution in [0.15, 0.2) is 47.7 Å². The Morgan fingerprint density at radius 2 is 1.44 bits per heavy atom. The van der Waals surface area contributed by atoms with Gasteiger partial charge in [-0.2, -0.15) is 15.8 Å². The molecule has 0 fully saturated rings. The molecule has 0 saturated carbocycles. The molecular formula is C23H15N5O6. The minimum Gasteiger partial charge on any atom is -0.454 e. The van der Waals surface area contributed by atoms with Crippen LogP contribution in [0.3, 0.4) is 0 Å². The second-order valence-electron chi connectivity index (χ2n) is 7.93. The molecule has 2 N–H and O–H groups in total. The molecule has 168 valence electrons. The monoisotopic (exact) mass is 457 g/mol. The molecule has 3 unspecified atom stereocenters. The predicted octanol–water partition coefficient (Wildman–Crippen LogP) is 2.44. The van der Waals surface area contributed by atoms with Gasteiger partial charge in [0.2, 0.25) is 19.6 Å². The second kappa shape index (κ2) is 7.58. The van der Waals surface area contributed by atoms with Crippen LogP contribution in [0.5, 0.6) is 23.0 Å². The fourth-order valence-corrected chi connectivity index (χ4v) is 4.85. The van der Waals surface area contributed by atoms with E-state index in [4.69, 9.17) is 24.7 Å². The smallest absolute Gasteiger partial charge is 0.234 e. The van der Waals surface area contributed by atoms with E-state index >= 15 is 0 Å². The van der Waals surface area contributed by atoms with Crippen LogP contribution in [0.4, 0.5) is 0 Å². The molecule has 3 atom stereocenters. The number of nitrogens with zero attached hydrogens (tertiary/aromatic N) is 4. The van der Waals surface area contributed by atoms with Crippen LogP contribution >= 0.6 is 0 Å². The maximum Gasteiger partial charge on any atom is 0.234 e. The number of nitriles is 3. The van der Waals surface area contributed by atoms with E-state index < -0.39 is 28.2 Å². The molecular weight excluding hydrogens is 442 g/mol. The van der Waals surface area contributed by atoms with Crippen molar-refractivity contribution in [3.63, 3.8) is 0 Å². The molecule has 2 heterocycles. The van der Waals surface area contributed by atoms with Gasteiger partial charge in [-0.15, -0.1) is 0 Å². The number of benzene rings is 2. The van der Waals surface area contributed by atoms with Crippen molar-refractivity contribution in [1.29, 1.82) is 15.8 Å². The summed E-state index contributed by atoms with van der Waals surface area (Å²) in [6.45, 7) is -0.0266. The molecule has 2 aromatic rings. The third-order valence-corrected chi connectivity index (χ3v) is 6.40. The summed E-state index contributed by atoms with van der Waals surface area (Å²) in [4.78, 5) is 12.0. The fourth-order valence-electron chi connectivity index (χ4n) is 4.85. The van der Waals surface area contributed by atoms with E-state index in [2.05, 4.69) is 0 Å². The summed E-state index contributed by atoms with van der Waals surface area (Å²) in [6.07, 6.45) is 0. The van der Waals surface area contributed by atoms with Gasteiger partial charge in [-0.1, -0.05) is 12.1 Å². The summed E-state index contributed by atoms with van der Waals surface area (Å²) in [5.41, 5.74) is 4.29. The Morgan fingerprint density at radius 1 is 0.912 bits per heavy atom. The average Bonchev–Trinajstić information content (AvgIpc) is 3.51. The quantitative estimate of drug-likeness (QED) is 0.531. The number of rotatable bonds is 3. The van der Waals surface area contributed by atoms with Crippen LogP contribution in [0.25, 0.3) is 0 Å². The highest BCUT2D eigenvalue weighted by Gasteiger charge is 2.61. The van der Waals surface area contributed by atoms with Crippen molar-refractivity contribution in [2.45, 2.75) is 17.9 Å². The summed E-state index contributed by atoms with van der Waals surface area (Å²) in [6, 6.07) is 13.4. The molecule has 0 aromatic heterocycles. The first-order valence-electron chi connectivity index (χ1n) is 10.1. The molecule has 0 radical (unpaired) electrons. The first-order chi connectivity index (χ1) is 16.4. The Balaban J connectivity index is 1.78. The van der Waals surface area contributed by atoms with E-state index in [9.17, 15) is 25.9 Å². The lowest BCUT2D eigenvalue weighted by atomic mass is 9.58. The number of ether oxygens (including phenoxy) is 4. The molecule has 3 aliphatic rings. The molecule has 11 nitrogen and oxygen atoms in total. The molecule has 11 heteroatoms. The largest absolute Gasteiger partial charge is 0.454 e. The van der Waals surface area contributed by atoms with Crippen LogP contribution < -0.4 is 24.7 Å². The van der Waals surface area contributed by atoms with Crippen LogP contribution in [0.1, 0.15) is 23.0 Å². The first-order valence-corrected chi connectivity index (χ1v) is 10.1. The fraction of sp³-hybridized carbons (Fsp3) is 0.261. The lowest BCUT2D eigenvalue weighted by Gasteiger charge is -2.40. The van der Waals surface area contributed by atoms with Gasteiger partial charge in [0, 0.05) is 4.92 Å². The maximum atomic E-state index is 12.6. The Morgan fingerprint density at radius 3 is 1.97 bits per heavy atom. The number of hydrogen-bond acceptors (Lipinski definition) is 10. The van der Waals surface area contributed by atoms with Crippen LogP contribution in [0, 0.1) is 49.5 Å². The highest BCUT2D eigenvalue weighted by Crippen LogP contribution is 2.55. The van der Waals surface area contributed by atoms with Crippen molar-refractivity contribution in [2.24, 2.45) is 11.1 Å². The molecule has 5 rings (SSSR count). The summed E-state index contributed by atoms with van der Waals surface area (Å²) in [5, 5.41) is 42.8. The van der Waals surface area contributed by atoms with Gasteiger partial charge >= 0.3 is 0 Å². The molecule has 2 aromatic carbocycles. The molecule has 0 spiro atoms. The zero-order valence-corrected chi connectivity index (χ0v) is 17.4. The number of nitrogens with two attached hydrogens (primary N) is 1. The number of allylic oxidation sites excluding steroid dienone is 1. The van der Waals surface area contributed by atoms with E-state index in [1.165, 1.54) is 6.07 Å². The first kappa shape index (κ1) is 20.9. The van der Waals surface area contributed by atoms with E-state index in [0.717, 1.165) is 0 Å². The molecule has 2 aliphatic heterocycles. The van der Waals surface area contributed by atoms with Crippen molar-refractivity contribution < 1.29 is 23.9 Å². The van der Waals surface area contributed by atoms with Gasteiger partial charge in [-0.05, 0) is 35.4 Å². The lowest BCUT2D eigenvalue weighted by molar-refractivity contribution is -0.532. The van der Waals surface area contributed by atoms with Crippen molar-refractivity contribution in [3.05, 3.63) is 68.9 Å². The zero-order valence-electron chi connectivity index (χ0n) is 17.4.